The highest BCUT2D eigenvalue weighted by Gasteiger charge is 2.19. The number of benzene rings is 9. The molecule has 0 aliphatic rings. The Kier molecular flexibility index (Phi) is 5.89. The summed E-state index contributed by atoms with van der Waals surface area (Å²) in [5.74, 6) is 0. The van der Waals surface area contributed by atoms with E-state index in [-0.39, 0.29) is 0 Å². The van der Waals surface area contributed by atoms with Gasteiger partial charge in [0.15, 0.2) is 5.58 Å². The van der Waals surface area contributed by atoms with Crippen molar-refractivity contribution in [1.29, 1.82) is 0 Å². The van der Waals surface area contributed by atoms with Crippen LogP contribution in [0.5, 0.6) is 0 Å². The van der Waals surface area contributed by atoms with Gasteiger partial charge >= 0.3 is 0 Å². The van der Waals surface area contributed by atoms with Gasteiger partial charge in [0.25, 0.3) is 0 Å². The summed E-state index contributed by atoms with van der Waals surface area (Å²) >= 11 is 1.85. The van der Waals surface area contributed by atoms with Gasteiger partial charge < -0.3 is 4.42 Å². The van der Waals surface area contributed by atoms with E-state index in [2.05, 4.69) is 164 Å². The van der Waals surface area contributed by atoms with Gasteiger partial charge in [-0.25, -0.2) is 0 Å². The molecule has 0 bridgehead atoms. The van der Waals surface area contributed by atoms with Gasteiger partial charge in [-0.05, 0) is 78.5 Å². The van der Waals surface area contributed by atoms with E-state index >= 15 is 0 Å². The number of hydrogen-bond donors (Lipinski definition) is 0. The van der Waals surface area contributed by atoms with Gasteiger partial charge in [-0.1, -0.05) is 152 Å². The molecule has 232 valence electrons. The van der Waals surface area contributed by atoms with Crippen molar-refractivity contribution < 1.29 is 4.42 Å². The second-order valence-electron chi connectivity index (χ2n) is 13.2. The lowest BCUT2D eigenvalue weighted by Gasteiger charge is -2.18. The molecule has 11 rings (SSSR count). The lowest BCUT2D eigenvalue weighted by molar-refractivity contribution is 0.673. The van der Waals surface area contributed by atoms with Crippen LogP contribution >= 0.6 is 11.3 Å². The molecule has 0 saturated carbocycles. The van der Waals surface area contributed by atoms with Gasteiger partial charge in [-0.2, -0.15) is 0 Å². The highest BCUT2D eigenvalue weighted by atomic mass is 32.1. The highest BCUT2D eigenvalue weighted by molar-refractivity contribution is 7.27. The molecule has 0 saturated heterocycles. The zero-order valence-corrected chi connectivity index (χ0v) is 27.8. The summed E-state index contributed by atoms with van der Waals surface area (Å²) < 4.78 is 9.00. The third-order valence-corrected chi connectivity index (χ3v) is 11.7. The number of furan rings is 1. The van der Waals surface area contributed by atoms with Crippen molar-refractivity contribution in [1.82, 2.24) is 0 Å². The molecular formula is C48H28OS. The molecule has 0 aliphatic heterocycles. The first-order valence-electron chi connectivity index (χ1n) is 17.1. The average molecular weight is 653 g/mol. The smallest absolute Gasteiger partial charge is 0.153 e. The van der Waals surface area contributed by atoms with E-state index in [1.165, 1.54) is 96.6 Å². The first kappa shape index (κ1) is 27.7. The van der Waals surface area contributed by atoms with Crippen LogP contribution in [0.15, 0.2) is 174 Å². The van der Waals surface area contributed by atoms with Gasteiger partial charge in [0, 0.05) is 31.6 Å². The molecule has 0 N–H and O–H groups in total. The maximum atomic E-state index is 6.48. The maximum Gasteiger partial charge on any atom is 0.153 e. The Hall–Kier alpha value is -6.22. The third kappa shape index (κ3) is 3.94. The molecule has 0 amide bonds. The van der Waals surface area contributed by atoms with Crippen LogP contribution < -0.4 is 0 Å². The van der Waals surface area contributed by atoms with E-state index in [9.17, 15) is 0 Å². The lowest BCUT2D eigenvalue weighted by Crippen LogP contribution is -1.91. The van der Waals surface area contributed by atoms with Crippen molar-refractivity contribution >= 4 is 85.8 Å². The maximum absolute atomic E-state index is 6.48. The van der Waals surface area contributed by atoms with Crippen molar-refractivity contribution in [2.45, 2.75) is 0 Å². The van der Waals surface area contributed by atoms with Gasteiger partial charge in [0.2, 0.25) is 0 Å². The Labute approximate surface area is 292 Å². The number of rotatable bonds is 3. The second-order valence-corrected chi connectivity index (χ2v) is 14.2. The minimum atomic E-state index is 0.938. The summed E-state index contributed by atoms with van der Waals surface area (Å²) in [4.78, 5) is 0. The second kappa shape index (κ2) is 10.6. The van der Waals surface area contributed by atoms with E-state index in [0.717, 1.165) is 11.2 Å². The molecule has 0 unspecified atom stereocenters. The lowest BCUT2D eigenvalue weighted by atomic mass is 9.85. The van der Waals surface area contributed by atoms with Gasteiger partial charge in [0.05, 0.1) is 4.70 Å². The van der Waals surface area contributed by atoms with Crippen LogP contribution in [0.4, 0.5) is 0 Å². The van der Waals surface area contributed by atoms with Crippen LogP contribution in [0, 0.1) is 0 Å². The van der Waals surface area contributed by atoms with E-state index in [0.29, 0.717) is 0 Å². The molecule has 0 spiro atoms. The van der Waals surface area contributed by atoms with Crippen LogP contribution in [-0.4, -0.2) is 0 Å². The third-order valence-electron chi connectivity index (χ3n) is 10.5. The molecule has 0 fully saturated rings. The minimum Gasteiger partial charge on any atom is -0.455 e. The molecular weight excluding hydrogens is 625 g/mol. The first-order valence-corrected chi connectivity index (χ1v) is 17.9. The van der Waals surface area contributed by atoms with Crippen LogP contribution in [0.2, 0.25) is 0 Å². The Morgan fingerprint density at radius 1 is 0.320 bits per heavy atom. The molecule has 11 aromatic rings. The topological polar surface area (TPSA) is 13.1 Å². The van der Waals surface area contributed by atoms with E-state index in [4.69, 9.17) is 4.42 Å². The molecule has 0 atom stereocenters. The van der Waals surface area contributed by atoms with Crippen LogP contribution in [-0.2, 0) is 0 Å². The van der Waals surface area contributed by atoms with E-state index in [1.54, 1.807) is 0 Å². The van der Waals surface area contributed by atoms with E-state index in [1.807, 2.05) is 17.4 Å². The molecule has 2 aromatic heterocycles. The molecule has 0 aliphatic carbocycles. The highest BCUT2D eigenvalue weighted by Crippen LogP contribution is 2.47. The molecule has 9 aromatic carbocycles. The normalized spacial score (nSPS) is 12.0. The largest absolute Gasteiger partial charge is 0.455 e. The molecule has 0 radical (unpaired) electrons. The Bertz CT molecular complexity index is 3070. The standard InChI is InChI=1S/C48H28OS/c1-2-12-30(13-3-1)44-34-16-5-7-18-36(34)45(37-19-8-6-17-35(37)44)31-24-22-29(23-25-31)41-28-42-40-27-26-38-33-15-10-11-21-43(33)49-46(38)48(40)50-47(42)39-20-9-4-14-32(39)41/h1-28H. The van der Waals surface area contributed by atoms with Crippen molar-refractivity contribution in [3.63, 3.8) is 0 Å². The fourth-order valence-electron chi connectivity index (χ4n) is 8.25. The van der Waals surface area contributed by atoms with Crippen molar-refractivity contribution in [3.05, 3.63) is 170 Å². The quantitative estimate of drug-likeness (QED) is 0.173. The van der Waals surface area contributed by atoms with Gasteiger partial charge in [0.1, 0.15) is 5.58 Å². The summed E-state index contributed by atoms with van der Waals surface area (Å²) in [7, 11) is 0. The zero-order valence-electron chi connectivity index (χ0n) is 27.0. The fraction of sp³-hybridized carbons (Fsp3) is 0. The summed E-state index contributed by atoms with van der Waals surface area (Å²) in [6.07, 6.45) is 0. The van der Waals surface area contributed by atoms with Crippen LogP contribution in [0.25, 0.3) is 108 Å². The zero-order chi connectivity index (χ0) is 32.8. The van der Waals surface area contributed by atoms with Crippen molar-refractivity contribution in [3.8, 4) is 33.4 Å². The summed E-state index contributed by atoms with van der Waals surface area (Å²) in [5, 5.41) is 12.5. The first-order chi connectivity index (χ1) is 24.8. The Balaban J connectivity index is 1.12. The molecule has 1 nitrogen and oxygen atoms in total. The number of para-hydroxylation sites is 1. The van der Waals surface area contributed by atoms with Crippen molar-refractivity contribution in [2.75, 3.05) is 0 Å². The SMILES string of the molecule is c1ccc(-c2c3ccccc3c(-c3ccc(-c4cc5c6ccc7c8ccccc8oc7c6sc5c5ccccc45)cc3)c3ccccc23)cc1. The predicted octanol–water partition coefficient (Wildman–Crippen LogP) is 14.4. The van der Waals surface area contributed by atoms with Gasteiger partial charge in [-0.3, -0.25) is 0 Å². The predicted molar refractivity (Wildman–Crippen MR) is 215 cm³/mol. The minimum absolute atomic E-state index is 0.938. The fourth-order valence-corrected chi connectivity index (χ4v) is 9.55. The monoisotopic (exact) mass is 652 g/mol. The molecule has 2 heteroatoms. The average Bonchev–Trinajstić information content (AvgIpc) is 3.76. The van der Waals surface area contributed by atoms with Gasteiger partial charge in [-0.15, -0.1) is 11.3 Å². The number of thiophene rings is 1. The number of fused-ring (bicyclic) bond motifs is 11. The summed E-state index contributed by atoms with van der Waals surface area (Å²) in [6, 6.07) is 61.9. The number of hydrogen-bond acceptors (Lipinski definition) is 2. The van der Waals surface area contributed by atoms with Crippen LogP contribution in [0.3, 0.4) is 0 Å². The van der Waals surface area contributed by atoms with E-state index < -0.39 is 0 Å². The van der Waals surface area contributed by atoms with Crippen LogP contribution in [0.1, 0.15) is 0 Å². The molecule has 50 heavy (non-hydrogen) atoms. The summed E-state index contributed by atoms with van der Waals surface area (Å²) in [6.45, 7) is 0. The van der Waals surface area contributed by atoms with Crippen molar-refractivity contribution in [2.24, 2.45) is 0 Å². The summed E-state index contributed by atoms with van der Waals surface area (Å²) in [5.41, 5.74) is 9.42. The Morgan fingerprint density at radius 3 is 1.46 bits per heavy atom. The Morgan fingerprint density at radius 2 is 0.800 bits per heavy atom. The molecule has 2 heterocycles.